The summed E-state index contributed by atoms with van der Waals surface area (Å²) in [7, 11) is 0. The third-order valence-corrected chi connectivity index (χ3v) is 3.33. The Kier molecular flexibility index (Phi) is 2.22. The van der Waals surface area contributed by atoms with Gasteiger partial charge in [0.15, 0.2) is 0 Å². The molecule has 0 saturated carbocycles. The third-order valence-electron chi connectivity index (χ3n) is 3.33. The van der Waals surface area contributed by atoms with E-state index in [0.29, 0.717) is 0 Å². The van der Waals surface area contributed by atoms with Crippen LogP contribution >= 0.6 is 0 Å². The smallest absolute Gasteiger partial charge is 0.0998 e. The number of nitriles is 1. The Bertz CT molecular complexity index is 617. The Morgan fingerprint density at radius 2 is 2.18 bits per heavy atom. The molecule has 0 spiro atoms. The monoisotopic (exact) mass is 223 g/mol. The first-order chi connectivity index (χ1) is 8.31. The summed E-state index contributed by atoms with van der Waals surface area (Å²) in [6.07, 6.45) is 2.22. The van der Waals surface area contributed by atoms with Gasteiger partial charge in [0, 0.05) is 23.4 Å². The van der Waals surface area contributed by atoms with E-state index in [0.717, 1.165) is 36.2 Å². The molecule has 0 radical (unpaired) electrons. The predicted molar refractivity (Wildman–Crippen MR) is 65.4 cm³/mol. The molecule has 1 aliphatic heterocycles. The number of fused-ring (bicyclic) bond motifs is 1. The van der Waals surface area contributed by atoms with Gasteiger partial charge in [-0.1, -0.05) is 18.2 Å². The predicted octanol–water partition coefficient (Wildman–Crippen LogP) is 2.68. The lowest BCUT2D eigenvalue weighted by Gasteiger charge is -2.04. The van der Waals surface area contributed by atoms with Crippen molar-refractivity contribution in [3.8, 4) is 17.2 Å². The van der Waals surface area contributed by atoms with Crippen molar-refractivity contribution in [2.75, 3.05) is 0 Å². The van der Waals surface area contributed by atoms with Gasteiger partial charge in [-0.3, -0.25) is 4.68 Å². The molecule has 3 heteroatoms. The third kappa shape index (κ3) is 1.45. The number of nitrogens with zero attached hydrogens (tertiary/aromatic N) is 3. The maximum Gasteiger partial charge on any atom is 0.0998 e. The first-order valence-electron chi connectivity index (χ1n) is 5.87. The zero-order valence-electron chi connectivity index (χ0n) is 9.77. The summed E-state index contributed by atoms with van der Waals surface area (Å²) >= 11 is 0. The van der Waals surface area contributed by atoms with Crippen molar-refractivity contribution in [2.24, 2.45) is 0 Å². The summed E-state index contributed by atoms with van der Waals surface area (Å²) in [5.41, 5.74) is 5.24. The van der Waals surface area contributed by atoms with E-state index in [1.807, 2.05) is 31.2 Å². The topological polar surface area (TPSA) is 41.6 Å². The lowest BCUT2D eigenvalue weighted by atomic mass is 9.97. The second kappa shape index (κ2) is 3.74. The molecule has 0 N–H and O–H groups in total. The van der Waals surface area contributed by atoms with Gasteiger partial charge in [-0.05, 0) is 25.8 Å². The molecule has 0 atom stereocenters. The summed E-state index contributed by atoms with van der Waals surface area (Å²) in [5.74, 6) is 0. The Balaban J connectivity index is 2.26. The molecule has 1 aromatic heterocycles. The summed E-state index contributed by atoms with van der Waals surface area (Å²) < 4.78 is 2.08. The highest BCUT2D eigenvalue weighted by atomic mass is 15.3. The fourth-order valence-electron chi connectivity index (χ4n) is 2.61. The van der Waals surface area contributed by atoms with Gasteiger partial charge in [0.2, 0.25) is 0 Å². The van der Waals surface area contributed by atoms with Crippen molar-refractivity contribution in [3.63, 3.8) is 0 Å². The van der Waals surface area contributed by atoms with Crippen LogP contribution in [0.5, 0.6) is 0 Å². The van der Waals surface area contributed by atoms with Crippen LogP contribution in [0.15, 0.2) is 24.3 Å². The molecule has 0 aliphatic carbocycles. The van der Waals surface area contributed by atoms with E-state index < -0.39 is 0 Å². The average Bonchev–Trinajstić information content (AvgIpc) is 2.89. The number of aryl methyl sites for hydroxylation is 2. The number of aromatic nitrogens is 2. The molecular weight excluding hydrogens is 210 g/mol. The van der Waals surface area contributed by atoms with Crippen LogP contribution < -0.4 is 0 Å². The quantitative estimate of drug-likeness (QED) is 0.745. The van der Waals surface area contributed by atoms with Gasteiger partial charge >= 0.3 is 0 Å². The first-order valence-corrected chi connectivity index (χ1v) is 5.87. The van der Waals surface area contributed by atoms with Crippen molar-refractivity contribution in [3.05, 3.63) is 41.2 Å². The lowest BCUT2D eigenvalue weighted by molar-refractivity contribution is 0.650. The summed E-state index contributed by atoms with van der Waals surface area (Å²) in [5, 5.41) is 13.7. The average molecular weight is 223 g/mol. The van der Waals surface area contributed by atoms with Crippen LogP contribution in [-0.2, 0) is 13.0 Å². The van der Waals surface area contributed by atoms with Gasteiger partial charge in [0.25, 0.3) is 0 Å². The molecule has 0 unspecified atom stereocenters. The Labute approximate surface area is 100 Å². The van der Waals surface area contributed by atoms with Crippen LogP contribution in [0, 0.1) is 18.3 Å². The highest BCUT2D eigenvalue weighted by Crippen LogP contribution is 2.33. The second-order valence-corrected chi connectivity index (χ2v) is 4.39. The van der Waals surface area contributed by atoms with Crippen LogP contribution in [0.3, 0.4) is 0 Å². The zero-order chi connectivity index (χ0) is 11.8. The van der Waals surface area contributed by atoms with Gasteiger partial charge in [0.1, 0.15) is 0 Å². The van der Waals surface area contributed by atoms with Crippen molar-refractivity contribution >= 4 is 0 Å². The molecule has 1 aliphatic rings. The zero-order valence-corrected chi connectivity index (χ0v) is 9.77. The van der Waals surface area contributed by atoms with Gasteiger partial charge in [-0.25, -0.2) is 0 Å². The second-order valence-electron chi connectivity index (χ2n) is 4.39. The van der Waals surface area contributed by atoms with Crippen LogP contribution in [0.25, 0.3) is 11.1 Å². The number of benzene rings is 1. The van der Waals surface area contributed by atoms with E-state index >= 15 is 0 Å². The molecule has 0 fully saturated rings. The van der Waals surface area contributed by atoms with Gasteiger partial charge < -0.3 is 0 Å². The molecule has 84 valence electrons. The molecule has 0 amide bonds. The number of rotatable bonds is 1. The minimum absolute atomic E-state index is 0.735. The van der Waals surface area contributed by atoms with Crippen LogP contribution in [0.2, 0.25) is 0 Å². The van der Waals surface area contributed by atoms with E-state index in [4.69, 9.17) is 0 Å². The maximum atomic E-state index is 9.18. The SMILES string of the molecule is Cc1nn2c(c1-c1ccccc1C#N)CCC2. The minimum Gasteiger partial charge on any atom is -0.269 e. The normalized spacial score (nSPS) is 13.4. The largest absolute Gasteiger partial charge is 0.269 e. The highest BCUT2D eigenvalue weighted by Gasteiger charge is 2.21. The Morgan fingerprint density at radius 3 is 3.00 bits per heavy atom. The van der Waals surface area contributed by atoms with E-state index in [9.17, 15) is 5.26 Å². The van der Waals surface area contributed by atoms with Crippen molar-refractivity contribution in [2.45, 2.75) is 26.3 Å². The van der Waals surface area contributed by atoms with Crippen molar-refractivity contribution in [1.29, 1.82) is 5.26 Å². The Morgan fingerprint density at radius 1 is 1.35 bits per heavy atom. The van der Waals surface area contributed by atoms with E-state index in [2.05, 4.69) is 15.8 Å². The molecule has 17 heavy (non-hydrogen) atoms. The molecule has 3 rings (SSSR count). The summed E-state index contributed by atoms with van der Waals surface area (Å²) in [6.45, 7) is 3.03. The molecule has 2 aromatic rings. The summed E-state index contributed by atoms with van der Waals surface area (Å²) in [6, 6.07) is 10.0. The van der Waals surface area contributed by atoms with Crippen LogP contribution in [0.4, 0.5) is 0 Å². The lowest BCUT2D eigenvalue weighted by Crippen LogP contribution is -1.93. The van der Waals surface area contributed by atoms with Crippen LogP contribution in [0.1, 0.15) is 23.4 Å². The van der Waals surface area contributed by atoms with E-state index in [-0.39, 0.29) is 0 Å². The van der Waals surface area contributed by atoms with E-state index in [1.54, 1.807) is 0 Å². The summed E-state index contributed by atoms with van der Waals surface area (Å²) in [4.78, 5) is 0. The van der Waals surface area contributed by atoms with Gasteiger partial charge in [0.05, 0.1) is 17.3 Å². The maximum absolute atomic E-state index is 9.18. The highest BCUT2D eigenvalue weighted by molar-refractivity contribution is 5.74. The molecule has 0 saturated heterocycles. The fourth-order valence-corrected chi connectivity index (χ4v) is 2.61. The molecule has 2 heterocycles. The van der Waals surface area contributed by atoms with Crippen molar-refractivity contribution in [1.82, 2.24) is 9.78 Å². The van der Waals surface area contributed by atoms with Crippen LogP contribution in [-0.4, -0.2) is 9.78 Å². The Hall–Kier alpha value is -2.08. The van der Waals surface area contributed by atoms with Gasteiger partial charge in [-0.15, -0.1) is 0 Å². The van der Waals surface area contributed by atoms with Crippen molar-refractivity contribution < 1.29 is 0 Å². The molecule has 1 aromatic carbocycles. The number of hydrogen-bond acceptors (Lipinski definition) is 2. The molecule has 0 bridgehead atoms. The minimum atomic E-state index is 0.735. The fraction of sp³-hybridized carbons (Fsp3) is 0.286. The standard InChI is InChI=1S/C14H13N3/c1-10-14(13-7-4-8-17(13)16-10)12-6-3-2-5-11(12)9-15/h2-3,5-6H,4,7-8H2,1H3. The van der Waals surface area contributed by atoms with E-state index in [1.165, 1.54) is 11.3 Å². The molecule has 3 nitrogen and oxygen atoms in total. The molecular formula is C14H13N3. The first kappa shape index (κ1) is 10.1. The number of hydrogen-bond donors (Lipinski definition) is 0. The van der Waals surface area contributed by atoms with Gasteiger partial charge in [-0.2, -0.15) is 10.4 Å².